The molecule has 10 heteroatoms. The largest absolute Gasteiger partial charge is 0.508 e. The first-order valence-electron chi connectivity index (χ1n) is 10.6. The van der Waals surface area contributed by atoms with Crippen molar-refractivity contribution in [2.24, 2.45) is 0 Å². The van der Waals surface area contributed by atoms with Gasteiger partial charge in [0, 0.05) is 22.2 Å². The lowest BCUT2D eigenvalue weighted by molar-refractivity contribution is 0.0949. The van der Waals surface area contributed by atoms with Crippen molar-refractivity contribution in [3.05, 3.63) is 88.4 Å². The molecule has 3 N–H and O–H groups in total. The SMILES string of the molecule is Cc1c(C(=O)NCc2cnc(-c3ccc(O)cc3)s2)ccc2c1NC(=O)c1ccccc1S2(=O)=O. The van der Waals surface area contributed by atoms with Crippen molar-refractivity contribution in [2.75, 3.05) is 5.32 Å². The molecule has 0 unspecified atom stereocenters. The average molecular weight is 506 g/mol. The fraction of sp³-hybridized carbons (Fsp3) is 0.0800. The quantitative estimate of drug-likeness (QED) is 0.383. The molecular weight excluding hydrogens is 486 g/mol. The summed E-state index contributed by atoms with van der Waals surface area (Å²) in [5.74, 6) is -0.782. The van der Waals surface area contributed by atoms with E-state index in [1.807, 2.05) is 0 Å². The first-order chi connectivity index (χ1) is 16.8. The van der Waals surface area contributed by atoms with Crippen LogP contribution in [0.1, 0.15) is 31.2 Å². The number of carbonyl (C=O) groups excluding carboxylic acids is 2. The standard InChI is InChI=1S/C25H19N3O5S2/c1-14-18(23(30)26-12-17-13-27-25(34-17)15-6-8-16(29)9-7-15)10-11-21-22(14)28-24(31)19-4-2-3-5-20(19)35(21,32)33/h2-11,13,29H,12H2,1H3,(H,26,30)(H,28,31). The van der Waals surface area contributed by atoms with E-state index in [-0.39, 0.29) is 38.9 Å². The van der Waals surface area contributed by atoms with E-state index >= 15 is 0 Å². The zero-order valence-electron chi connectivity index (χ0n) is 18.4. The van der Waals surface area contributed by atoms with E-state index < -0.39 is 21.7 Å². The number of aromatic nitrogens is 1. The Morgan fingerprint density at radius 2 is 1.80 bits per heavy atom. The van der Waals surface area contributed by atoms with E-state index in [2.05, 4.69) is 15.6 Å². The fourth-order valence-electron chi connectivity index (χ4n) is 3.89. The smallest absolute Gasteiger partial charge is 0.257 e. The number of aromatic hydroxyl groups is 1. The Morgan fingerprint density at radius 3 is 2.57 bits per heavy atom. The van der Waals surface area contributed by atoms with Crippen LogP contribution in [0.15, 0.2) is 76.7 Å². The number of phenols is 1. The third-order valence-electron chi connectivity index (χ3n) is 5.71. The molecule has 35 heavy (non-hydrogen) atoms. The molecule has 2 heterocycles. The lowest BCUT2D eigenvalue weighted by Gasteiger charge is -2.14. The van der Waals surface area contributed by atoms with E-state index in [1.54, 1.807) is 49.5 Å². The monoisotopic (exact) mass is 505 g/mol. The molecule has 0 bridgehead atoms. The van der Waals surface area contributed by atoms with Crippen LogP contribution in [0, 0.1) is 6.92 Å². The van der Waals surface area contributed by atoms with Crippen molar-refractivity contribution >= 4 is 38.7 Å². The Morgan fingerprint density at radius 1 is 1.06 bits per heavy atom. The van der Waals surface area contributed by atoms with Gasteiger partial charge in [0.25, 0.3) is 11.8 Å². The van der Waals surface area contributed by atoms with Crippen molar-refractivity contribution in [3.63, 3.8) is 0 Å². The normalized spacial score (nSPS) is 13.8. The molecule has 4 aromatic rings. The van der Waals surface area contributed by atoms with Crippen molar-refractivity contribution in [1.82, 2.24) is 10.3 Å². The van der Waals surface area contributed by atoms with Crippen LogP contribution >= 0.6 is 11.3 Å². The lowest BCUT2D eigenvalue weighted by atomic mass is 10.1. The molecule has 0 saturated carbocycles. The Balaban J connectivity index is 1.39. The van der Waals surface area contributed by atoms with Crippen LogP contribution in [0.3, 0.4) is 0 Å². The highest BCUT2D eigenvalue weighted by atomic mass is 32.2. The molecule has 2 amide bonds. The van der Waals surface area contributed by atoms with Crippen LogP contribution in [-0.2, 0) is 16.4 Å². The van der Waals surface area contributed by atoms with Gasteiger partial charge in [0.2, 0.25) is 9.84 Å². The molecule has 1 aromatic heterocycles. The maximum absolute atomic E-state index is 13.2. The number of thiazole rings is 1. The van der Waals surface area contributed by atoms with E-state index in [1.165, 1.54) is 35.6 Å². The maximum atomic E-state index is 13.2. The molecule has 176 valence electrons. The molecule has 0 saturated heterocycles. The highest BCUT2D eigenvalue weighted by Crippen LogP contribution is 2.36. The summed E-state index contributed by atoms with van der Waals surface area (Å²) in [4.78, 5) is 30.8. The molecule has 0 radical (unpaired) electrons. The number of benzene rings is 3. The molecule has 3 aromatic carbocycles. The second-order valence-electron chi connectivity index (χ2n) is 7.93. The first kappa shape index (κ1) is 22.8. The molecule has 8 nitrogen and oxygen atoms in total. The third kappa shape index (κ3) is 4.07. The predicted octanol–water partition coefficient (Wildman–Crippen LogP) is 4.15. The molecule has 0 aliphatic carbocycles. The zero-order valence-corrected chi connectivity index (χ0v) is 20.0. The van der Waals surface area contributed by atoms with Crippen LogP contribution in [0.5, 0.6) is 5.75 Å². The number of phenolic OH excluding ortho intramolecular Hbond substituents is 1. The maximum Gasteiger partial charge on any atom is 0.257 e. The van der Waals surface area contributed by atoms with Crippen LogP contribution in [-0.4, -0.2) is 30.3 Å². The van der Waals surface area contributed by atoms with Gasteiger partial charge >= 0.3 is 0 Å². The highest BCUT2D eigenvalue weighted by molar-refractivity contribution is 7.91. The van der Waals surface area contributed by atoms with Crippen molar-refractivity contribution in [1.29, 1.82) is 0 Å². The molecule has 0 fully saturated rings. The van der Waals surface area contributed by atoms with E-state index in [9.17, 15) is 23.1 Å². The van der Waals surface area contributed by atoms with Crippen LogP contribution < -0.4 is 10.6 Å². The van der Waals surface area contributed by atoms with Crippen LogP contribution in [0.4, 0.5) is 5.69 Å². The second kappa shape index (κ2) is 8.64. The summed E-state index contributed by atoms with van der Waals surface area (Å²) in [5.41, 5.74) is 1.63. The molecule has 5 rings (SSSR count). The number of amides is 2. The number of nitrogens with zero attached hydrogens (tertiary/aromatic N) is 1. The Hall–Kier alpha value is -4.02. The summed E-state index contributed by atoms with van der Waals surface area (Å²) >= 11 is 1.41. The number of nitrogens with one attached hydrogen (secondary N) is 2. The minimum absolute atomic E-state index is 0.0501. The van der Waals surface area contributed by atoms with Crippen LogP contribution in [0.25, 0.3) is 10.6 Å². The van der Waals surface area contributed by atoms with Crippen LogP contribution in [0.2, 0.25) is 0 Å². The van der Waals surface area contributed by atoms with Gasteiger partial charge in [0.15, 0.2) is 0 Å². The van der Waals surface area contributed by atoms with Gasteiger partial charge in [-0.1, -0.05) is 12.1 Å². The Labute approximate surface area is 205 Å². The summed E-state index contributed by atoms with van der Waals surface area (Å²) in [6.45, 7) is 1.83. The summed E-state index contributed by atoms with van der Waals surface area (Å²) in [7, 11) is -3.95. The summed E-state index contributed by atoms with van der Waals surface area (Å²) in [6.07, 6.45) is 1.67. The third-order valence-corrected chi connectivity index (χ3v) is 8.61. The second-order valence-corrected chi connectivity index (χ2v) is 10.9. The minimum Gasteiger partial charge on any atom is -0.508 e. The number of rotatable bonds is 4. The predicted molar refractivity (Wildman–Crippen MR) is 131 cm³/mol. The summed E-state index contributed by atoms with van der Waals surface area (Å²) < 4.78 is 26.5. The average Bonchev–Trinajstić information content (AvgIpc) is 3.30. The van der Waals surface area contributed by atoms with Gasteiger partial charge in [-0.05, 0) is 61.0 Å². The summed E-state index contributed by atoms with van der Waals surface area (Å²) in [6, 6.07) is 15.5. The number of carbonyl (C=O) groups is 2. The topological polar surface area (TPSA) is 125 Å². The molecule has 0 spiro atoms. The lowest BCUT2D eigenvalue weighted by Crippen LogP contribution is -2.24. The first-order valence-corrected chi connectivity index (χ1v) is 12.9. The number of anilines is 1. The van der Waals surface area contributed by atoms with Gasteiger partial charge in [0.05, 0.1) is 27.6 Å². The Kier molecular flexibility index (Phi) is 5.62. The van der Waals surface area contributed by atoms with E-state index in [0.29, 0.717) is 5.56 Å². The number of fused-ring (bicyclic) bond motifs is 2. The number of sulfone groups is 1. The zero-order chi connectivity index (χ0) is 24.7. The summed E-state index contributed by atoms with van der Waals surface area (Å²) in [5, 5.41) is 15.7. The van der Waals surface area contributed by atoms with Crippen molar-refractivity contribution in [2.45, 2.75) is 23.3 Å². The number of hydrogen-bond acceptors (Lipinski definition) is 7. The molecule has 1 aliphatic rings. The Bertz CT molecular complexity index is 1590. The van der Waals surface area contributed by atoms with E-state index in [0.717, 1.165) is 15.4 Å². The fourth-order valence-corrected chi connectivity index (χ4v) is 6.41. The van der Waals surface area contributed by atoms with Gasteiger partial charge in [0.1, 0.15) is 10.8 Å². The minimum atomic E-state index is -3.95. The van der Waals surface area contributed by atoms with Gasteiger partial charge in [-0.15, -0.1) is 11.3 Å². The van der Waals surface area contributed by atoms with Crippen molar-refractivity contribution in [3.8, 4) is 16.3 Å². The van der Waals surface area contributed by atoms with Gasteiger partial charge in [-0.2, -0.15) is 0 Å². The van der Waals surface area contributed by atoms with Gasteiger partial charge in [-0.3, -0.25) is 9.59 Å². The number of hydrogen-bond donors (Lipinski definition) is 3. The van der Waals surface area contributed by atoms with Gasteiger partial charge in [-0.25, -0.2) is 13.4 Å². The van der Waals surface area contributed by atoms with Crippen molar-refractivity contribution < 1.29 is 23.1 Å². The molecule has 0 atom stereocenters. The van der Waals surface area contributed by atoms with Gasteiger partial charge < -0.3 is 15.7 Å². The molecule has 1 aliphatic heterocycles. The highest BCUT2D eigenvalue weighted by Gasteiger charge is 2.32. The molecular formula is C25H19N3O5S2. The van der Waals surface area contributed by atoms with E-state index in [4.69, 9.17) is 0 Å².